The molecule has 0 spiro atoms. The molecule has 3 atom stereocenters. The number of nitrogens with one attached hydrogen (secondary N) is 1. The smallest absolute Gasteiger partial charge is 0.388 e. The van der Waals surface area contributed by atoms with Gasteiger partial charge in [-0.3, -0.25) is 14.3 Å². The number of aliphatic hydroxyl groups excluding tert-OH is 3. The molecule has 0 radical (unpaired) electrons. The summed E-state index contributed by atoms with van der Waals surface area (Å²) < 4.78 is 18.1. The summed E-state index contributed by atoms with van der Waals surface area (Å²) in [5, 5.41) is 30.9. The van der Waals surface area contributed by atoms with E-state index in [0.29, 0.717) is 17.6 Å². The van der Waals surface area contributed by atoms with E-state index < -0.39 is 50.5 Å². The standard InChI is InChI=1S/C19H25N4O9P/c1-4-22-11-5-9(2)10(3)6-12(11)23(17-15(22)18(27)21-19(28)20-17)7-13(24)16(26)14(25)8-32-33(29,30)31/h5-6,13-14,16,24-26H,4,7-8H2,1-3H3,(H2-,21,27,28,29,30,31)/p+1/t13-,14+,16-/m0/s1. The first-order valence-electron chi connectivity index (χ1n) is 10.1. The quantitative estimate of drug-likeness (QED) is 0.121. The summed E-state index contributed by atoms with van der Waals surface area (Å²) >= 11 is 0. The van der Waals surface area contributed by atoms with Crippen molar-refractivity contribution in [3.63, 3.8) is 0 Å². The first-order valence-corrected chi connectivity index (χ1v) is 11.6. The van der Waals surface area contributed by atoms with Crippen molar-refractivity contribution in [2.45, 2.75) is 52.2 Å². The Bertz CT molecular complexity index is 1320. The van der Waals surface area contributed by atoms with Gasteiger partial charge in [0.25, 0.3) is 0 Å². The lowest BCUT2D eigenvalue weighted by Crippen LogP contribution is -2.47. The number of H-pyrrole nitrogens is 1. The summed E-state index contributed by atoms with van der Waals surface area (Å²) in [6, 6.07) is 3.64. The monoisotopic (exact) mass is 485 g/mol. The van der Waals surface area contributed by atoms with E-state index in [0.717, 1.165) is 11.1 Å². The van der Waals surface area contributed by atoms with Gasteiger partial charge in [-0.15, -0.1) is 0 Å². The summed E-state index contributed by atoms with van der Waals surface area (Å²) in [7, 11) is -4.90. The second kappa shape index (κ2) is 9.39. The number of benzene rings is 1. The number of phosphoric acid groups is 1. The summed E-state index contributed by atoms with van der Waals surface area (Å²) in [6.07, 6.45) is -5.37. The molecule has 2 heterocycles. The average molecular weight is 485 g/mol. The van der Waals surface area contributed by atoms with E-state index in [1.807, 2.05) is 26.8 Å². The second-order valence-corrected chi connectivity index (χ2v) is 8.97. The highest BCUT2D eigenvalue weighted by atomic mass is 31.2. The van der Waals surface area contributed by atoms with Crippen LogP contribution in [0.2, 0.25) is 0 Å². The highest BCUT2D eigenvalue weighted by Crippen LogP contribution is 2.36. The summed E-state index contributed by atoms with van der Waals surface area (Å²) in [5.74, 6) is -0.0337. The van der Waals surface area contributed by atoms with Crippen LogP contribution in [0.15, 0.2) is 21.7 Å². The fourth-order valence-electron chi connectivity index (χ4n) is 3.66. The maximum absolute atomic E-state index is 12.7. The van der Waals surface area contributed by atoms with Crippen molar-refractivity contribution in [3.8, 4) is 11.5 Å². The van der Waals surface area contributed by atoms with Crippen LogP contribution in [0.25, 0.3) is 22.6 Å². The van der Waals surface area contributed by atoms with E-state index in [-0.39, 0.29) is 11.5 Å². The van der Waals surface area contributed by atoms with Gasteiger partial charge in [0, 0.05) is 6.07 Å². The molecule has 0 saturated heterocycles. The maximum Gasteiger partial charge on any atom is 0.469 e. The molecule has 0 amide bonds. The van der Waals surface area contributed by atoms with Crippen molar-refractivity contribution in [1.82, 2.24) is 14.5 Å². The first-order chi connectivity index (χ1) is 15.3. The molecule has 1 aromatic rings. The molecule has 14 heteroatoms. The number of rotatable bonds is 8. The van der Waals surface area contributed by atoms with Crippen molar-refractivity contribution in [2.75, 3.05) is 6.61 Å². The van der Waals surface area contributed by atoms with Gasteiger partial charge in [0.2, 0.25) is 11.3 Å². The van der Waals surface area contributed by atoms with Crippen LogP contribution in [-0.4, -0.2) is 64.6 Å². The van der Waals surface area contributed by atoms with E-state index in [9.17, 15) is 29.5 Å². The van der Waals surface area contributed by atoms with E-state index in [4.69, 9.17) is 9.79 Å². The lowest BCUT2D eigenvalue weighted by atomic mass is 10.1. The van der Waals surface area contributed by atoms with E-state index in [1.165, 1.54) is 4.57 Å². The molecule has 0 fully saturated rings. The predicted octanol–water partition coefficient (Wildman–Crippen LogP) is -1.69. The number of aromatic nitrogens is 4. The molecule has 2 aliphatic heterocycles. The van der Waals surface area contributed by atoms with Gasteiger partial charge in [0.15, 0.2) is 0 Å². The Morgan fingerprint density at radius 3 is 2.39 bits per heavy atom. The normalized spacial score (nSPS) is 15.2. The summed E-state index contributed by atoms with van der Waals surface area (Å²) in [4.78, 5) is 48.2. The molecular weight excluding hydrogens is 459 g/mol. The third kappa shape index (κ3) is 5.20. The zero-order valence-electron chi connectivity index (χ0n) is 18.2. The Hall–Kier alpha value is -2.51. The number of nitrogens with zero attached hydrogens (tertiary/aromatic N) is 3. The lowest BCUT2D eigenvalue weighted by molar-refractivity contribution is -0.658. The highest BCUT2D eigenvalue weighted by molar-refractivity contribution is 7.46. The van der Waals surface area contributed by atoms with Crippen LogP contribution in [0.3, 0.4) is 0 Å². The Labute approximate surface area is 187 Å². The lowest BCUT2D eigenvalue weighted by Gasteiger charge is -2.25. The molecule has 6 N–H and O–H groups in total. The van der Waals surface area contributed by atoms with Crippen LogP contribution in [0.1, 0.15) is 18.1 Å². The molecule has 180 valence electrons. The molecule has 0 aliphatic carbocycles. The van der Waals surface area contributed by atoms with Crippen LogP contribution < -0.4 is 15.8 Å². The predicted molar refractivity (Wildman–Crippen MR) is 115 cm³/mol. The average Bonchev–Trinajstić information content (AvgIpc) is 2.72. The second-order valence-electron chi connectivity index (χ2n) is 7.73. The number of fused-ring (bicyclic) bond motifs is 2. The molecule has 13 nitrogen and oxygen atoms in total. The Kier molecular flexibility index (Phi) is 7.15. The first kappa shape index (κ1) is 25.1. The fraction of sp³-hybridized carbons (Fsp3) is 0.474. The van der Waals surface area contributed by atoms with Gasteiger partial charge in [-0.25, -0.2) is 9.36 Å². The topological polar surface area (TPSA) is 199 Å². The van der Waals surface area contributed by atoms with Crippen LogP contribution in [0, 0.1) is 13.8 Å². The zero-order chi connectivity index (χ0) is 24.7. The third-order valence-corrected chi connectivity index (χ3v) is 5.93. The largest absolute Gasteiger partial charge is 0.469 e. The minimum atomic E-state index is -4.90. The molecule has 2 aliphatic rings. The van der Waals surface area contributed by atoms with Gasteiger partial charge in [0.05, 0.1) is 13.2 Å². The fourth-order valence-corrected chi connectivity index (χ4v) is 4.00. The number of hydrogen-bond donors (Lipinski definition) is 6. The van der Waals surface area contributed by atoms with Crippen molar-refractivity contribution in [1.29, 1.82) is 0 Å². The molecule has 33 heavy (non-hydrogen) atoms. The van der Waals surface area contributed by atoms with Gasteiger partial charge in [0.1, 0.15) is 30.4 Å². The molecule has 0 aromatic heterocycles. The Balaban J connectivity index is 2.16. The van der Waals surface area contributed by atoms with Crippen molar-refractivity contribution in [3.05, 3.63) is 44.1 Å². The van der Waals surface area contributed by atoms with Gasteiger partial charge >= 0.3 is 24.8 Å². The van der Waals surface area contributed by atoms with Gasteiger partial charge in [-0.1, -0.05) is 0 Å². The van der Waals surface area contributed by atoms with Crippen molar-refractivity contribution >= 4 is 18.9 Å². The van der Waals surface area contributed by atoms with Gasteiger partial charge < -0.3 is 29.7 Å². The number of aliphatic hydroxyl groups is 3. The molecule has 1 aromatic carbocycles. The van der Waals surface area contributed by atoms with Crippen LogP contribution in [0.4, 0.5) is 0 Å². The minimum absolute atomic E-state index is 0.0337. The maximum atomic E-state index is 12.7. The Morgan fingerprint density at radius 2 is 1.79 bits per heavy atom. The number of phosphoric ester groups is 1. The molecule has 3 rings (SSSR count). The Morgan fingerprint density at radius 1 is 1.15 bits per heavy atom. The van der Waals surface area contributed by atoms with Crippen molar-refractivity contribution in [2.24, 2.45) is 0 Å². The van der Waals surface area contributed by atoms with E-state index in [2.05, 4.69) is 14.5 Å². The van der Waals surface area contributed by atoms with Crippen LogP contribution >= 0.6 is 7.82 Å². The minimum Gasteiger partial charge on any atom is -0.388 e. The van der Waals surface area contributed by atoms with E-state index >= 15 is 0 Å². The van der Waals surface area contributed by atoms with Crippen LogP contribution in [-0.2, 0) is 22.2 Å². The number of aryl methyl sites for hydroxylation is 3. The molecule has 0 saturated carbocycles. The van der Waals surface area contributed by atoms with Gasteiger partial charge in [-0.2, -0.15) is 9.55 Å². The van der Waals surface area contributed by atoms with Crippen molar-refractivity contribution < 1.29 is 38.8 Å². The summed E-state index contributed by atoms with van der Waals surface area (Å²) in [6.45, 7) is 4.62. The highest BCUT2D eigenvalue weighted by Gasteiger charge is 2.33. The summed E-state index contributed by atoms with van der Waals surface area (Å²) in [5.41, 5.74) is 1.47. The molecule has 0 unspecified atom stereocenters. The number of aromatic amines is 1. The third-order valence-electron chi connectivity index (χ3n) is 5.44. The molecular formula is C19H26N4O9P+. The number of hydrogen-bond acceptors (Lipinski definition) is 8. The molecule has 0 bridgehead atoms. The SMILES string of the molecule is CC[n+]1c2c(=O)[nH]c(=O)nc-2n(C[C@H](O)[C@H](O)[C@H](O)COP(=O)(O)O)c2cc(C)c(C)cc21. The van der Waals surface area contributed by atoms with E-state index in [1.54, 1.807) is 10.6 Å². The van der Waals surface area contributed by atoms with Gasteiger partial charge in [-0.05, 0) is 38.0 Å². The van der Waals surface area contributed by atoms with Crippen LogP contribution in [0.5, 0.6) is 0 Å². The zero-order valence-corrected chi connectivity index (χ0v) is 19.1.